The summed E-state index contributed by atoms with van der Waals surface area (Å²) in [5, 5.41) is 3.16. The second kappa shape index (κ2) is 6.96. The minimum absolute atomic E-state index is 0.000677. The molecule has 0 aromatic carbocycles. The van der Waals surface area contributed by atoms with Crippen molar-refractivity contribution in [2.24, 2.45) is 5.41 Å². The molecule has 2 aromatic heterocycles. The quantitative estimate of drug-likeness (QED) is 0.776. The highest BCUT2D eigenvalue weighted by atomic mass is 32.1. The topological polar surface area (TPSA) is 85.6 Å². The van der Waals surface area contributed by atoms with Crippen LogP contribution < -0.4 is 5.32 Å². The molecule has 0 fully saturated rings. The average molecular weight is 389 g/mol. The zero-order valence-corrected chi connectivity index (χ0v) is 17.0. The fraction of sp³-hybridized carbons (Fsp3) is 0.450. The molecule has 0 saturated heterocycles. The van der Waals surface area contributed by atoms with E-state index in [9.17, 15) is 14.4 Å². The Morgan fingerprint density at radius 3 is 2.67 bits per heavy atom. The number of thiophene rings is 1. The number of furan rings is 1. The van der Waals surface area contributed by atoms with Gasteiger partial charge < -0.3 is 14.5 Å². The number of hydrogen-bond acceptors (Lipinski definition) is 6. The van der Waals surface area contributed by atoms with Gasteiger partial charge in [-0.25, -0.2) is 4.79 Å². The van der Waals surface area contributed by atoms with Crippen molar-refractivity contribution in [3.05, 3.63) is 39.2 Å². The number of rotatable bonds is 4. The van der Waals surface area contributed by atoms with Gasteiger partial charge in [-0.05, 0) is 32.3 Å². The summed E-state index contributed by atoms with van der Waals surface area (Å²) in [6.07, 6.45) is 1.03. The summed E-state index contributed by atoms with van der Waals surface area (Å²) in [5.74, 6) is -0.274. The van der Waals surface area contributed by atoms with E-state index in [0.29, 0.717) is 40.3 Å². The summed E-state index contributed by atoms with van der Waals surface area (Å²) >= 11 is 1.29. The van der Waals surface area contributed by atoms with Crippen molar-refractivity contribution in [2.75, 3.05) is 11.9 Å². The first-order valence-corrected chi connectivity index (χ1v) is 9.69. The molecule has 3 rings (SSSR count). The van der Waals surface area contributed by atoms with Crippen LogP contribution in [0.1, 0.15) is 74.7 Å². The van der Waals surface area contributed by atoms with E-state index < -0.39 is 11.9 Å². The maximum Gasteiger partial charge on any atom is 0.341 e. The Morgan fingerprint density at radius 1 is 1.30 bits per heavy atom. The second-order valence-electron chi connectivity index (χ2n) is 7.57. The number of anilines is 1. The first-order valence-electron chi connectivity index (χ1n) is 8.87. The summed E-state index contributed by atoms with van der Waals surface area (Å²) < 4.78 is 10.8. The van der Waals surface area contributed by atoms with Gasteiger partial charge in [-0.1, -0.05) is 13.8 Å². The minimum atomic E-state index is -0.482. The van der Waals surface area contributed by atoms with Crippen LogP contribution in [0, 0.1) is 19.3 Å². The van der Waals surface area contributed by atoms with Crippen molar-refractivity contribution in [2.45, 2.75) is 47.5 Å². The van der Waals surface area contributed by atoms with Crippen LogP contribution in [0.2, 0.25) is 0 Å². The Kier molecular flexibility index (Phi) is 4.99. The summed E-state index contributed by atoms with van der Waals surface area (Å²) in [4.78, 5) is 38.3. The monoisotopic (exact) mass is 389 g/mol. The molecular formula is C20H23NO5S. The normalized spacial score (nSPS) is 15.4. The van der Waals surface area contributed by atoms with E-state index in [1.807, 2.05) is 20.8 Å². The number of esters is 1. The van der Waals surface area contributed by atoms with Crippen molar-refractivity contribution in [3.63, 3.8) is 0 Å². The summed E-state index contributed by atoms with van der Waals surface area (Å²) in [7, 11) is 0. The molecule has 0 atom stereocenters. The molecule has 1 amide bonds. The van der Waals surface area contributed by atoms with Crippen LogP contribution in [0.25, 0.3) is 0 Å². The van der Waals surface area contributed by atoms with Gasteiger partial charge in [0.05, 0.1) is 17.7 Å². The predicted molar refractivity (Wildman–Crippen MR) is 103 cm³/mol. The molecule has 1 aliphatic carbocycles. The van der Waals surface area contributed by atoms with Crippen molar-refractivity contribution < 1.29 is 23.5 Å². The lowest BCUT2D eigenvalue weighted by atomic mass is 9.76. The summed E-state index contributed by atoms with van der Waals surface area (Å²) in [5.41, 5.74) is 1.20. The van der Waals surface area contributed by atoms with Gasteiger partial charge in [0.1, 0.15) is 10.8 Å². The SMILES string of the molecule is CCOC(=O)c1cc(C)sc1NC(=O)c1oc2c(c1C)C(=O)CC(C)(C)C2. The molecule has 0 spiro atoms. The van der Waals surface area contributed by atoms with Gasteiger partial charge in [0.2, 0.25) is 0 Å². The van der Waals surface area contributed by atoms with Crippen LogP contribution in [-0.2, 0) is 11.2 Å². The zero-order chi connectivity index (χ0) is 19.9. The molecule has 0 aliphatic heterocycles. The number of amides is 1. The molecule has 0 saturated carbocycles. The highest BCUT2D eigenvalue weighted by Crippen LogP contribution is 2.38. The standard InChI is InChI=1S/C20H23NO5S/c1-6-25-19(24)12-7-10(2)27-18(12)21-17(23)16-11(3)15-13(22)8-20(4,5)9-14(15)26-16/h7H,6,8-9H2,1-5H3,(H,21,23). The lowest BCUT2D eigenvalue weighted by molar-refractivity contribution is 0.0528. The Hall–Kier alpha value is -2.41. The Balaban J connectivity index is 1.91. The number of Topliss-reactive ketones (excluding diaryl/α,β-unsaturated/α-hetero) is 1. The molecule has 0 radical (unpaired) electrons. The van der Waals surface area contributed by atoms with Crippen molar-refractivity contribution in [1.29, 1.82) is 0 Å². The number of aryl methyl sites for hydroxylation is 1. The van der Waals surface area contributed by atoms with Gasteiger partial charge >= 0.3 is 5.97 Å². The Labute approximate surface area is 161 Å². The van der Waals surface area contributed by atoms with E-state index in [0.717, 1.165) is 4.88 Å². The van der Waals surface area contributed by atoms with Gasteiger partial charge in [-0.2, -0.15) is 0 Å². The molecule has 1 N–H and O–H groups in total. The number of ketones is 1. The van der Waals surface area contributed by atoms with Gasteiger partial charge in [-0.3, -0.25) is 9.59 Å². The fourth-order valence-corrected chi connectivity index (χ4v) is 4.32. The number of fused-ring (bicyclic) bond motifs is 1. The average Bonchev–Trinajstić information content (AvgIpc) is 3.06. The highest BCUT2D eigenvalue weighted by Gasteiger charge is 2.37. The molecular weight excluding hydrogens is 366 g/mol. The number of hydrogen-bond donors (Lipinski definition) is 1. The molecule has 144 valence electrons. The van der Waals surface area contributed by atoms with E-state index in [-0.39, 0.29) is 23.6 Å². The maximum absolute atomic E-state index is 12.8. The fourth-order valence-electron chi connectivity index (χ4n) is 3.43. The highest BCUT2D eigenvalue weighted by molar-refractivity contribution is 7.16. The van der Waals surface area contributed by atoms with E-state index in [4.69, 9.17) is 9.15 Å². The van der Waals surface area contributed by atoms with Crippen LogP contribution in [-0.4, -0.2) is 24.3 Å². The van der Waals surface area contributed by atoms with Crippen LogP contribution >= 0.6 is 11.3 Å². The van der Waals surface area contributed by atoms with E-state index >= 15 is 0 Å². The number of ether oxygens (including phenoxy) is 1. The predicted octanol–water partition coefficient (Wildman–Crippen LogP) is 4.54. The number of nitrogens with one attached hydrogen (secondary N) is 1. The van der Waals surface area contributed by atoms with Gasteiger partial charge in [0.15, 0.2) is 11.5 Å². The first-order chi connectivity index (χ1) is 12.6. The second-order valence-corrected chi connectivity index (χ2v) is 8.83. The van der Waals surface area contributed by atoms with E-state index in [2.05, 4.69) is 5.32 Å². The minimum Gasteiger partial charge on any atom is -0.462 e. The summed E-state index contributed by atoms with van der Waals surface area (Å²) in [6.45, 7) is 9.56. The van der Waals surface area contributed by atoms with Crippen LogP contribution in [0.3, 0.4) is 0 Å². The first kappa shape index (κ1) is 19.4. The number of carbonyl (C=O) groups is 3. The van der Waals surface area contributed by atoms with Gasteiger partial charge in [-0.15, -0.1) is 11.3 Å². The van der Waals surface area contributed by atoms with Gasteiger partial charge in [0.25, 0.3) is 5.91 Å². The molecule has 2 aromatic rings. The molecule has 2 heterocycles. The van der Waals surface area contributed by atoms with Crippen LogP contribution in [0.15, 0.2) is 10.5 Å². The molecule has 0 bridgehead atoms. The Morgan fingerprint density at radius 2 is 2.00 bits per heavy atom. The zero-order valence-electron chi connectivity index (χ0n) is 16.1. The number of carbonyl (C=O) groups excluding carboxylic acids is 3. The van der Waals surface area contributed by atoms with Crippen LogP contribution in [0.4, 0.5) is 5.00 Å². The maximum atomic E-state index is 12.8. The lowest BCUT2D eigenvalue weighted by Crippen LogP contribution is -2.26. The molecule has 7 heteroatoms. The molecule has 0 unspecified atom stereocenters. The van der Waals surface area contributed by atoms with Crippen molar-refractivity contribution in [3.8, 4) is 0 Å². The summed E-state index contributed by atoms with van der Waals surface area (Å²) in [6, 6.07) is 1.68. The molecule has 1 aliphatic rings. The largest absolute Gasteiger partial charge is 0.462 e. The smallest absolute Gasteiger partial charge is 0.341 e. The van der Waals surface area contributed by atoms with E-state index in [1.165, 1.54) is 11.3 Å². The van der Waals surface area contributed by atoms with Crippen LogP contribution in [0.5, 0.6) is 0 Å². The Bertz CT molecular complexity index is 935. The van der Waals surface area contributed by atoms with Crippen molar-refractivity contribution in [1.82, 2.24) is 0 Å². The lowest BCUT2D eigenvalue weighted by Gasteiger charge is -2.27. The third-order valence-corrected chi connectivity index (χ3v) is 5.53. The third kappa shape index (κ3) is 3.69. The third-order valence-electron chi connectivity index (χ3n) is 4.56. The molecule has 27 heavy (non-hydrogen) atoms. The van der Waals surface area contributed by atoms with E-state index in [1.54, 1.807) is 19.9 Å². The molecule has 6 nitrogen and oxygen atoms in total. The van der Waals surface area contributed by atoms with Crippen molar-refractivity contribution >= 4 is 34.0 Å². The van der Waals surface area contributed by atoms with Gasteiger partial charge in [0, 0.05) is 23.3 Å².